The zero-order valence-electron chi connectivity index (χ0n) is 13.0. The van der Waals surface area contributed by atoms with Gasteiger partial charge < -0.3 is 19.4 Å². The van der Waals surface area contributed by atoms with Gasteiger partial charge in [0.05, 0.1) is 25.3 Å². The lowest BCUT2D eigenvalue weighted by atomic mass is 9.98. The first-order valence-corrected chi connectivity index (χ1v) is 7.52. The molecule has 0 unspecified atom stereocenters. The number of piperidine rings is 1. The van der Waals surface area contributed by atoms with Crippen LogP contribution in [0, 0.1) is 12.8 Å². The number of hydrogen-bond acceptors (Lipinski definition) is 4. The van der Waals surface area contributed by atoms with E-state index >= 15 is 0 Å². The Bertz CT molecular complexity index is 630. The maximum atomic E-state index is 5.42. The summed E-state index contributed by atoms with van der Waals surface area (Å²) in [5.41, 5.74) is 2.10. The van der Waals surface area contributed by atoms with Crippen molar-refractivity contribution < 1.29 is 9.47 Å². The Morgan fingerprint density at radius 3 is 2.52 bits per heavy atom. The summed E-state index contributed by atoms with van der Waals surface area (Å²) in [4.78, 5) is 4.67. The number of rotatable bonds is 4. The van der Waals surface area contributed by atoms with E-state index in [0.29, 0.717) is 0 Å². The SMILES string of the molecule is COc1cc2nc(C)n(CC3CCNCC3)c2cc1OC. The topological polar surface area (TPSA) is 48.3 Å². The molecule has 1 aromatic heterocycles. The van der Waals surface area contributed by atoms with Crippen LogP contribution in [0.5, 0.6) is 11.5 Å². The van der Waals surface area contributed by atoms with E-state index in [1.165, 1.54) is 12.8 Å². The molecule has 21 heavy (non-hydrogen) atoms. The molecular weight excluding hydrogens is 266 g/mol. The van der Waals surface area contributed by atoms with Gasteiger partial charge in [0.1, 0.15) is 5.82 Å². The lowest BCUT2D eigenvalue weighted by Gasteiger charge is -2.23. The molecule has 0 saturated carbocycles. The number of aromatic nitrogens is 2. The fourth-order valence-electron chi connectivity index (χ4n) is 3.13. The second-order valence-electron chi connectivity index (χ2n) is 5.66. The number of benzene rings is 1. The molecule has 1 aliphatic rings. The second kappa shape index (κ2) is 5.93. The van der Waals surface area contributed by atoms with E-state index in [1.807, 2.05) is 12.1 Å². The molecule has 0 atom stereocenters. The van der Waals surface area contributed by atoms with Crippen molar-refractivity contribution in [3.63, 3.8) is 0 Å². The van der Waals surface area contributed by atoms with Crippen LogP contribution in [0.25, 0.3) is 11.0 Å². The highest BCUT2D eigenvalue weighted by molar-refractivity contribution is 5.80. The molecule has 0 radical (unpaired) electrons. The van der Waals surface area contributed by atoms with E-state index in [2.05, 4.69) is 21.8 Å². The van der Waals surface area contributed by atoms with Crippen molar-refractivity contribution in [3.8, 4) is 11.5 Å². The molecule has 114 valence electrons. The molecule has 5 heteroatoms. The molecule has 2 heterocycles. The summed E-state index contributed by atoms with van der Waals surface area (Å²) >= 11 is 0. The quantitative estimate of drug-likeness (QED) is 0.938. The van der Waals surface area contributed by atoms with Crippen molar-refractivity contribution in [1.82, 2.24) is 14.9 Å². The second-order valence-corrected chi connectivity index (χ2v) is 5.66. The maximum absolute atomic E-state index is 5.42. The van der Waals surface area contributed by atoms with Gasteiger partial charge in [-0.15, -0.1) is 0 Å². The van der Waals surface area contributed by atoms with Gasteiger partial charge in [0.2, 0.25) is 0 Å². The van der Waals surface area contributed by atoms with Gasteiger partial charge >= 0.3 is 0 Å². The fourth-order valence-corrected chi connectivity index (χ4v) is 3.13. The predicted octanol–water partition coefficient (Wildman–Crippen LogP) is 2.36. The van der Waals surface area contributed by atoms with Gasteiger partial charge in [-0.25, -0.2) is 4.98 Å². The highest BCUT2D eigenvalue weighted by Crippen LogP contribution is 2.33. The average Bonchev–Trinajstić information content (AvgIpc) is 2.82. The lowest BCUT2D eigenvalue weighted by Crippen LogP contribution is -2.30. The van der Waals surface area contributed by atoms with Gasteiger partial charge in [-0.3, -0.25) is 0 Å². The summed E-state index contributed by atoms with van der Waals surface area (Å²) in [7, 11) is 3.33. The third kappa shape index (κ3) is 2.70. The summed E-state index contributed by atoms with van der Waals surface area (Å²) in [5.74, 6) is 3.27. The number of imidazole rings is 1. The van der Waals surface area contributed by atoms with E-state index < -0.39 is 0 Å². The van der Waals surface area contributed by atoms with E-state index in [0.717, 1.165) is 53.9 Å². The molecule has 1 aromatic carbocycles. The van der Waals surface area contributed by atoms with Gasteiger partial charge in [0.15, 0.2) is 11.5 Å². The first-order chi connectivity index (χ1) is 10.2. The van der Waals surface area contributed by atoms with Crippen LogP contribution in [0.2, 0.25) is 0 Å². The molecule has 5 nitrogen and oxygen atoms in total. The van der Waals surface area contributed by atoms with E-state index in [4.69, 9.17) is 9.47 Å². The van der Waals surface area contributed by atoms with Crippen molar-refractivity contribution in [2.45, 2.75) is 26.3 Å². The van der Waals surface area contributed by atoms with Crippen molar-refractivity contribution in [2.24, 2.45) is 5.92 Å². The van der Waals surface area contributed by atoms with Gasteiger partial charge in [-0.05, 0) is 38.8 Å². The maximum Gasteiger partial charge on any atom is 0.163 e. The zero-order valence-corrected chi connectivity index (χ0v) is 13.0. The van der Waals surface area contributed by atoms with Crippen LogP contribution >= 0.6 is 0 Å². The Balaban J connectivity index is 1.98. The van der Waals surface area contributed by atoms with Crippen LogP contribution in [-0.4, -0.2) is 36.9 Å². The predicted molar refractivity (Wildman–Crippen MR) is 83.2 cm³/mol. The number of nitrogens with zero attached hydrogens (tertiary/aromatic N) is 2. The normalized spacial score (nSPS) is 16.3. The molecule has 3 rings (SSSR count). The summed E-state index contributed by atoms with van der Waals surface area (Å²) < 4.78 is 13.1. The number of nitrogens with one attached hydrogen (secondary N) is 1. The summed E-state index contributed by atoms with van der Waals surface area (Å²) in [6.45, 7) is 5.33. The first-order valence-electron chi connectivity index (χ1n) is 7.52. The number of aryl methyl sites for hydroxylation is 1. The summed E-state index contributed by atoms with van der Waals surface area (Å²) in [6.07, 6.45) is 2.46. The number of hydrogen-bond donors (Lipinski definition) is 1. The van der Waals surface area contributed by atoms with Crippen molar-refractivity contribution >= 4 is 11.0 Å². The van der Waals surface area contributed by atoms with Crippen LogP contribution in [0.3, 0.4) is 0 Å². The Labute approximate surface area is 125 Å². The third-order valence-corrected chi connectivity index (χ3v) is 4.34. The highest BCUT2D eigenvalue weighted by Gasteiger charge is 2.18. The summed E-state index contributed by atoms with van der Waals surface area (Å²) in [6, 6.07) is 4.00. The lowest BCUT2D eigenvalue weighted by molar-refractivity contribution is 0.333. The largest absolute Gasteiger partial charge is 0.493 e. The highest BCUT2D eigenvalue weighted by atomic mass is 16.5. The molecule has 1 fully saturated rings. The Morgan fingerprint density at radius 2 is 1.86 bits per heavy atom. The first kappa shape index (κ1) is 14.2. The number of fused-ring (bicyclic) bond motifs is 1. The standard InChI is InChI=1S/C16H23N3O2/c1-11-18-13-8-15(20-2)16(21-3)9-14(13)19(11)10-12-4-6-17-7-5-12/h8-9,12,17H,4-7,10H2,1-3H3. The Hall–Kier alpha value is -1.75. The van der Waals surface area contributed by atoms with Gasteiger partial charge in [0, 0.05) is 18.7 Å². The minimum absolute atomic E-state index is 0.718. The molecular formula is C16H23N3O2. The monoisotopic (exact) mass is 289 g/mol. The molecule has 0 bridgehead atoms. The Kier molecular flexibility index (Phi) is 4.01. The van der Waals surface area contributed by atoms with E-state index in [9.17, 15) is 0 Å². The number of ether oxygens (including phenoxy) is 2. The van der Waals surface area contributed by atoms with Crippen LogP contribution in [0.1, 0.15) is 18.7 Å². The molecule has 1 aliphatic heterocycles. The fraction of sp³-hybridized carbons (Fsp3) is 0.562. The molecule has 0 aliphatic carbocycles. The van der Waals surface area contributed by atoms with Gasteiger partial charge in [0.25, 0.3) is 0 Å². The Morgan fingerprint density at radius 1 is 1.19 bits per heavy atom. The third-order valence-electron chi connectivity index (χ3n) is 4.34. The summed E-state index contributed by atoms with van der Waals surface area (Å²) in [5, 5.41) is 3.42. The van der Waals surface area contributed by atoms with Crippen LogP contribution in [0.4, 0.5) is 0 Å². The van der Waals surface area contributed by atoms with Crippen LogP contribution in [-0.2, 0) is 6.54 Å². The smallest absolute Gasteiger partial charge is 0.163 e. The van der Waals surface area contributed by atoms with Crippen LogP contribution < -0.4 is 14.8 Å². The zero-order chi connectivity index (χ0) is 14.8. The molecule has 0 amide bonds. The number of methoxy groups -OCH3 is 2. The van der Waals surface area contributed by atoms with Crippen molar-refractivity contribution in [1.29, 1.82) is 0 Å². The van der Waals surface area contributed by atoms with E-state index in [-0.39, 0.29) is 0 Å². The molecule has 2 aromatic rings. The molecule has 1 N–H and O–H groups in total. The molecule has 1 saturated heterocycles. The van der Waals surface area contributed by atoms with Gasteiger partial charge in [-0.1, -0.05) is 0 Å². The average molecular weight is 289 g/mol. The minimum Gasteiger partial charge on any atom is -0.493 e. The van der Waals surface area contributed by atoms with Crippen LogP contribution in [0.15, 0.2) is 12.1 Å². The van der Waals surface area contributed by atoms with E-state index in [1.54, 1.807) is 14.2 Å². The molecule has 0 spiro atoms. The minimum atomic E-state index is 0.718. The van der Waals surface area contributed by atoms with Gasteiger partial charge in [-0.2, -0.15) is 0 Å². The van der Waals surface area contributed by atoms with Crippen molar-refractivity contribution in [3.05, 3.63) is 18.0 Å². The van der Waals surface area contributed by atoms with Crippen molar-refractivity contribution in [2.75, 3.05) is 27.3 Å².